The first-order chi connectivity index (χ1) is 11.3. The summed E-state index contributed by atoms with van der Waals surface area (Å²) in [5, 5.41) is 8.59. The van der Waals surface area contributed by atoms with E-state index in [0.717, 1.165) is 38.3 Å². The molecule has 7 heteroatoms. The molecule has 1 saturated heterocycles. The van der Waals surface area contributed by atoms with Crippen LogP contribution in [0.3, 0.4) is 0 Å². The Morgan fingerprint density at radius 2 is 1.84 bits per heavy atom. The van der Waals surface area contributed by atoms with Crippen molar-refractivity contribution in [1.29, 1.82) is 0 Å². The third-order valence-electron chi connectivity index (χ3n) is 4.13. The number of nitrogens with zero attached hydrogens (tertiary/aromatic N) is 1. The monoisotopic (exact) mass is 401 g/mol. The number of carbonyl (C=O) groups excluding carboxylic acids is 1. The topological polar surface area (TPSA) is 44.4 Å². The van der Waals surface area contributed by atoms with Crippen LogP contribution in [0, 0.1) is 0 Å². The van der Waals surface area contributed by atoms with Crippen molar-refractivity contribution in [1.82, 2.24) is 15.5 Å². The van der Waals surface area contributed by atoms with Gasteiger partial charge in [-0.2, -0.15) is 0 Å². The summed E-state index contributed by atoms with van der Waals surface area (Å²) in [6, 6.07) is 14.2. The van der Waals surface area contributed by atoms with Gasteiger partial charge < -0.3 is 15.5 Å². The summed E-state index contributed by atoms with van der Waals surface area (Å²) >= 11 is 1.68. The lowest BCUT2D eigenvalue weighted by Gasteiger charge is -2.27. The molecule has 1 aliphatic heterocycles. The van der Waals surface area contributed by atoms with Gasteiger partial charge in [0, 0.05) is 44.0 Å². The molecule has 0 bridgehead atoms. The number of nitrogens with one attached hydrogen (secondary N) is 2. The van der Waals surface area contributed by atoms with Gasteiger partial charge in [0.2, 0.25) is 5.91 Å². The molecule has 1 unspecified atom stereocenters. The van der Waals surface area contributed by atoms with Gasteiger partial charge in [-0.1, -0.05) is 36.4 Å². The van der Waals surface area contributed by atoms with Crippen LogP contribution >= 0.6 is 36.2 Å². The third-order valence-corrected chi connectivity index (χ3v) is 5.07. The van der Waals surface area contributed by atoms with E-state index in [-0.39, 0.29) is 36.8 Å². The Labute approximate surface area is 165 Å². The number of hydrogen-bond donors (Lipinski definition) is 2. The number of thiophene rings is 1. The molecule has 1 atom stereocenters. The molecule has 1 aromatic carbocycles. The van der Waals surface area contributed by atoms with Gasteiger partial charge in [-0.15, -0.1) is 36.2 Å². The highest BCUT2D eigenvalue weighted by Gasteiger charge is 2.18. The van der Waals surface area contributed by atoms with E-state index in [0.29, 0.717) is 6.42 Å². The minimum Gasteiger partial charge on any atom is -0.344 e. The lowest BCUT2D eigenvalue weighted by atomic mass is 10.1. The summed E-state index contributed by atoms with van der Waals surface area (Å²) in [6.45, 7) is 4.92. The second-order valence-electron chi connectivity index (χ2n) is 5.77. The van der Waals surface area contributed by atoms with Crippen LogP contribution in [0.5, 0.6) is 0 Å². The molecule has 1 aliphatic rings. The van der Waals surface area contributed by atoms with Crippen LogP contribution in [-0.4, -0.2) is 43.5 Å². The van der Waals surface area contributed by atoms with E-state index < -0.39 is 0 Å². The molecule has 1 fully saturated rings. The van der Waals surface area contributed by atoms with Crippen molar-refractivity contribution in [3.8, 4) is 0 Å². The summed E-state index contributed by atoms with van der Waals surface area (Å²) in [7, 11) is 0. The van der Waals surface area contributed by atoms with Gasteiger partial charge in [0.1, 0.15) is 0 Å². The van der Waals surface area contributed by atoms with Crippen LogP contribution in [0.25, 0.3) is 0 Å². The molecule has 4 nitrogen and oxygen atoms in total. The maximum atomic E-state index is 12.4. The number of piperazine rings is 1. The highest BCUT2D eigenvalue weighted by Crippen LogP contribution is 2.25. The van der Waals surface area contributed by atoms with Gasteiger partial charge in [-0.3, -0.25) is 4.79 Å². The van der Waals surface area contributed by atoms with Crippen molar-refractivity contribution in [3.05, 3.63) is 58.3 Å². The van der Waals surface area contributed by atoms with Crippen molar-refractivity contribution in [2.24, 2.45) is 0 Å². The summed E-state index contributed by atoms with van der Waals surface area (Å²) < 4.78 is 0. The first kappa shape index (κ1) is 21.9. The number of carbonyl (C=O) groups is 1. The van der Waals surface area contributed by atoms with Crippen LogP contribution < -0.4 is 10.6 Å². The molecule has 2 aromatic rings. The third kappa shape index (κ3) is 6.60. The highest BCUT2D eigenvalue weighted by atomic mass is 35.5. The summed E-state index contributed by atoms with van der Waals surface area (Å²) in [5.74, 6) is 0.116. The average molecular weight is 402 g/mol. The minimum atomic E-state index is -0.0493. The number of hydrogen-bond acceptors (Lipinski definition) is 4. The molecule has 3 rings (SSSR count). The predicted molar refractivity (Wildman–Crippen MR) is 109 cm³/mol. The zero-order valence-electron chi connectivity index (χ0n) is 14.0. The maximum absolute atomic E-state index is 12.4. The fourth-order valence-corrected chi connectivity index (χ4v) is 3.65. The quantitative estimate of drug-likeness (QED) is 0.781. The van der Waals surface area contributed by atoms with E-state index >= 15 is 0 Å². The molecule has 0 spiro atoms. The largest absolute Gasteiger partial charge is 0.344 e. The SMILES string of the molecule is Cl.Cl.O=C(CCN1CCNCC1)NC(c1ccccc1)c1cccs1. The molecule has 2 N–H and O–H groups in total. The lowest BCUT2D eigenvalue weighted by Crippen LogP contribution is -2.44. The Bertz CT molecular complexity index is 604. The Kier molecular flexibility index (Phi) is 10.1. The van der Waals surface area contributed by atoms with Crippen molar-refractivity contribution >= 4 is 42.1 Å². The Morgan fingerprint density at radius 3 is 2.48 bits per heavy atom. The summed E-state index contributed by atoms with van der Waals surface area (Å²) in [5.41, 5.74) is 1.13. The Morgan fingerprint density at radius 1 is 1.12 bits per heavy atom. The second kappa shape index (κ2) is 11.5. The molecule has 2 heterocycles. The highest BCUT2D eigenvalue weighted by molar-refractivity contribution is 7.10. The van der Waals surface area contributed by atoms with Gasteiger partial charge in [-0.25, -0.2) is 0 Å². The Balaban J connectivity index is 0.00000156. The van der Waals surface area contributed by atoms with E-state index in [1.165, 1.54) is 4.88 Å². The Hall–Kier alpha value is -1.11. The summed E-state index contributed by atoms with van der Waals surface area (Å²) in [6.07, 6.45) is 0.550. The van der Waals surface area contributed by atoms with Crippen molar-refractivity contribution in [3.63, 3.8) is 0 Å². The molecule has 1 aromatic heterocycles. The standard InChI is InChI=1S/C18H23N3OS.2ClH/c22-17(8-11-21-12-9-19-10-13-21)20-18(16-7-4-14-23-16)15-5-2-1-3-6-15;;/h1-7,14,18-19H,8-13H2,(H,20,22);2*1H. The number of halogens is 2. The van der Waals surface area contributed by atoms with Gasteiger partial charge in [0.25, 0.3) is 0 Å². The molecule has 0 aliphatic carbocycles. The molecule has 0 saturated carbocycles. The molecule has 0 radical (unpaired) electrons. The first-order valence-electron chi connectivity index (χ1n) is 8.14. The van der Waals surface area contributed by atoms with E-state index in [1.54, 1.807) is 11.3 Å². The molecular weight excluding hydrogens is 377 g/mol. The molecule has 25 heavy (non-hydrogen) atoms. The van der Waals surface area contributed by atoms with E-state index in [4.69, 9.17) is 0 Å². The fourth-order valence-electron chi connectivity index (χ4n) is 2.85. The van der Waals surface area contributed by atoms with E-state index in [2.05, 4.69) is 39.1 Å². The van der Waals surface area contributed by atoms with Gasteiger partial charge in [0.05, 0.1) is 6.04 Å². The van der Waals surface area contributed by atoms with Gasteiger partial charge in [-0.05, 0) is 17.0 Å². The van der Waals surface area contributed by atoms with E-state index in [1.807, 2.05) is 24.3 Å². The van der Waals surface area contributed by atoms with E-state index in [9.17, 15) is 4.79 Å². The van der Waals surface area contributed by atoms with Crippen LogP contribution in [0.15, 0.2) is 47.8 Å². The van der Waals surface area contributed by atoms with Crippen molar-refractivity contribution in [2.75, 3.05) is 32.7 Å². The van der Waals surface area contributed by atoms with Crippen LogP contribution in [0.4, 0.5) is 0 Å². The zero-order valence-corrected chi connectivity index (χ0v) is 16.5. The number of rotatable bonds is 6. The predicted octanol–water partition coefficient (Wildman–Crippen LogP) is 3.09. The van der Waals surface area contributed by atoms with Crippen molar-refractivity contribution < 1.29 is 4.79 Å². The van der Waals surface area contributed by atoms with Crippen LogP contribution in [0.2, 0.25) is 0 Å². The minimum absolute atomic E-state index is 0. The first-order valence-corrected chi connectivity index (χ1v) is 9.01. The molecular formula is C18H25Cl2N3OS. The number of benzene rings is 1. The van der Waals surface area contributed by atoms with Gasteiger partial charge in [0.15, 0.2) is 0 Å². The smallest absolute Gasteiger partial charge is 0.222 e. The zero-order chi connectivity index (χ0) is 15.9. The molecule has 138 valence electrons. The lowest BCUT2D eigenvalue weighted by molar-refractivity contribution is -0.121. The van der Waals surface area contributed by atoms with Crippen LogP contribution in [-0.2, 0) is 4.79 Å². The van der Waals surface area contributed by atoms with Crippen molar-refractivity contribution in [2.45, 2.75) is 12.5 Å². The van der Waals surface area contributed by atoms with Crippen LogP contribution in [0.1, 0.15) is 22.9 Å². The number of amides is 1. The summed E-state index contributed by atoms with van der Waals surface area (Å²) in [4.78, 5) is 15.9. The molecule has 1 amide bonds. The second-order valence-corrected chi connectivity index (χ2v) is 6.75. The average Bonchev–Trinajstić information content (AvgIpc) is 3.14. The fraction of sp³-hybridized carbons (Fsp3) is 0.389. The van der Waals surface area contributed by atoms with Gasteiger partial charge >= 0.3 is 0 Å². The normalized spacial score (nSPS) is 15.5. The maximum Gasteiger partial charge on any atom is 0.222 e.